The molecule has 18 heavy (non-hydrogen) atoms. The molecule has 1 aromatic heterocycles. The van der Waals surface area contributed by atoms with Crippen LogP contribution in [0.4, 0.5) is 0 Å². The largest absolute Gasteiger partial charge is 0.344 e. The molecule has 0 aliphatic carbocycles. The van der Waals surface area contributed by atoms with Crippen LogP contribution >= 0.6 is 0 Å². The summed E-state index contributed by atoms with van der Waals surface area (Å²) in [4.78, 5) is 0. The molecule has 3 rings (SSSR count). The van der Waals surface area contributed by atoms with Gasteiger partial charge in [-0.15, -0.1) is 0 Å². The molecule has 2 nitrogen and oxygen atoms in total. The molecule has 0 saturated heterocycles. The highest BCUT2D eigenvalue weighted by Crippen LogP contribution is 2.27. The molecule has 0 atom stereocenters. The predicted molar refractivity (Wildman–Crippen MR) is 73.1 cm³/mol. The van der Waals surface area contributed by atoms with E-state index in [1.807, 2.05) is 36.4 Å². The van der Waals surface area contributed by atoms with Crippen LogP contribution in [0.5, 0.6) is 0 Å². The second-order valence-corrected chi connectivity index (χ2v) is 4.34. The normalized spacial score (nSPS) is 10.4. The molecule has 0 aliphatic rings. The smallest absolute Gasteiger partial charge is 0.0991 e. The van der Waals surface area contributed by atoms with Crippen LogP contribution in [0, 0.1) is 11.3 Å². The molecule has 0 N–H and O–H groups in total. The molecule has 0 radical (unpaired) electrons. The quantitative estimate of drug-likeness (QED) is 0.628. The Kier molecular flexibility index (Phi) is 2.39. The maximum absolute atomic E-state index is 8.81. The number of para-hydroxylation sites is 1. The predicted octanol–water partition coefficient (Wildman–Crippen LogP) is 3.72. The molecular formula is C16H12N2. The maximum Gasteiger partial charge on any atom is 0.0991 e. The van der Waals surface area contributed by atoms with E-state index in [0.29, 0.717) is 5.56 Å². The van der Waals surface area contributed by atoms with E-state index in [2.05, 4.69) is 35.9 Å². The van der Waals surface area contributed by atoms with Gasteiger partial charge < -0.3 is 4.57 Å². The Balaban J connectivity index is 2.19. The highest BCUT2D eigenvalue weighted by Gasteiger charge is 2.06. The molecule has 1 heterocycles. The number of aryl methyl sites for hydroxylation is 1. The first kappa shape index (κ1) is 10.6. The fraction of sp³-hybridized carbons (Fsp3) is 0.0625. The Morgan fingerprint density at radius 2 is 1.72 bits per heavy atom. The van der Waals surface area contributed by atoms with E-state index in [9.17, 15) is 0 Å². The number of benzene rings is 2. The Hall–Kier alpha value is -2.53. The summed E-state index contributed by atoms with van der Waals surface area (Å²) in [6, 6.07) is 20.3. The molecule has 2 aromatic carbocycles. The Bertz CT molecular complexity index is 743. The zero-order valence-electron chi connectivity index (χ0n) is 10.1. The number of nitrogens with zero attached hydrogens (tertiary/aromatic N) is 2. The average molecular weight is 232 g/mol. The third kappa shape index (κ3) is 1.57. The van der Waals surface area contributed by atoms with Gasteiger partial charge in [-0.25, -0.2) is 0 Å². The van der Waals surface area contributed by atoms with Crippen molar-refractivity contribution in [1.82, 2.24) is 4.57 Å². The van der Waals surface area contributed by atoms with Crippen molar-refractivity contribution in [3.63, 3.8) is 0 Å². The van der Waals surface area contributed by atoms with Crippen LogP contribution < -0.4 is 0 Å². The van der Waals surface area contributed by atoms with Crippen molar-refractivity contribution in [2.45, 2.75) is 0 Å². The van der Waals surface area contributed by atoms with Crippen molar-refractivity contribution < 1.29 is 0 Å². The minimum Gasteiger partial charge on any atom is -0.344 e. The Labute approximate surface area is 106 Å². The third-order valence-electron chi connectivity index (χ3n) is 3.26. The fourth-order valence-electron chi connectivity index (χ4n) is 2.28. The van der Waals surface area contributed by atoms with Gasteiger partial charge in [0.05, 0.1) is 11.6 Å². The summed E-state index contributed by atoms with van der Waals surface area (Å²) in [5.74, 6) is 0. The van der Waals surface area contributed by atoms with Gasteiger partial charge in [0.2, 0.25) is 0 Å². The molecule has 0 spiro atoms. The van der Waals surface area contributed by atoms with Crippen molar-refractivity contribution in [3.8, 4) is 17.3 Å². The van der Waals surface area contributed by atoms with Gasteiger partial charge >= 0.3 is 0 Å². The lowest BCUT2D eigenvalue weighted by Gasteiger charge is -2.04. The van der Waals surface area contributed by atoms with Crippen LogP contribution in [-0.2, 0) is 7.05 Å². The van der Waals surface area contributed by atoms with E-state index in [-0.39, 0.29) is 0 Å². The van der Waals surface area contributed by atoms with Crippen molar-refractivity contribution in [2.75, 3.05) is 0 Å². The van der Waals surface area contributed by atoms with E-state index < -0.39 is 0 Å². The van der Waals surface area contributed by atoms with Crippen molar-refractivity contribution in [1.29, 1.82) is 5.26 Å². The number of aromatic nitrogens is 1. The van der Waals surface area contributed by atoms with Crippen LogP contribution in [0.25, 0.3) is 22.2 Å². The Morgan fingerprint density at radius 3 is 2.39 bits per heavy atom. The van der Waals surface area contributed by atoms with Gasteiger partial charge in [-0.1, -0.05) is 30.3 Å². The standard InChI is InChI=1S/C16H12N2/c1-18-15-5-3-2-4-14(15)10-16(18)13-8-6-12(11-17)7-9-13/h2-10H,1H3. The third-order valence-corrected chi connectivity index (χ3v) is 3.26. The summed E-state index contributed by atoms with van der Waals surface area (Å²) in [5, 5.41) is 10.0. The molecule has 0 bridgehead atoms. The summed E-state index contributed by atoms with van der Waals surface area (Å²) in [7, 11) is 2.07. The van der Waals surface area contributed by atoms with E-state index in [4.69, 9.17) is 5.26 Å². The molecule has 2 heteroatoms. The minimum atomic E-state index is 0.692. The molecule has 0 amide bonds. The monoisotopic (exact) mass is 232 g/mol. The van der Waals surface area contributed by atoms with Crippen molar-refractivity contribution in [3.05, 3.63) is 60.2 Å². The SMILES string of the molecule is Cn1c(-c2ccc(C#N)cc2)cc2ccccc21. The fourth-order valence-corrected chi connectivity index (χ4v) is 2.28. The first-order chi connectivity index (χ1) is 8.79. The highest BCUT2D eigenvalue weighted by atomic mass is 14.9. The number of nitriles is 1. The molecule has 0 unspecified atom stereocenters. The van der Waals surface area contributed by atoms with Crippen LogP contribution in [0.2, 0.25) is 0 Å². The molecule has 0 aliphatic heterocycles. The second-order valence-electron chi connectivity index (χ2n) is 4.34. The molecule has 0 fully saturated rings. The van der Waals surface area contributed by atoms with E-state index in [1.54, 1.807) is 0 Å². The van der Waals surface area contributed by atoms with Gasteiger partial charge in [0.25, 0.3) is 0 Å². The zero-order valence-corrected chi connectivity index (χ0v) is 10.1. The first-order valence-corrected chi connectivity index (χ1v) is 5.84. The zero-order chi connectivity index (χ0) is 12.5. The number of rotatable bonds is 1. The number of hydrogen-bond donors (Lipinski definition) is 0. The van der Waals surface area contributed by atoms with Crippen molar-refractivity contribution in [2.24, 2.45) is 7.05 Å². The summed E-state index contributed by atoms with van der Waals surface area (Å²) in [6.07, 6.45) is 0. The summed E-state index contributed by atoms with van der Waals surface area (Å²) < 4.78 is 2.18. The second kappa shape index (κ2) is 4.05. The number of fused-ring (bicyclic) bond motifs is 1. The minimum absolute atomic E-state index is 0.692. The van der Waals surface area contributed by atoms with Gasteiger partial charge in [0.15, 0.2) is 0 Å². The van der Waals surface area contributed by atoms with Gasteiger partial charge in [0, 0.05) is 23.6 Å². The van der Waals surface area contributed by atoms with Gasteiger partial charge in [-0.3, -0.25) is 0 Å². The Morgan fingerprint density at radius 1 is 1.00 bits per heavy atom. The summed E-state index contributed by atoms with van der Waals surface area (Å²) in [6.45, 7) is 0. The topological polar surface area (TPSA) is 28.7 Å². The van der Waals surface area contributed by atoms with Crippen LogP contribution in [0.3, 0.4) is 0 Å². The van der Waals surface area contributed by atoms with Crippen LogP contribution in [0.1, 0.15) is 5.56 Å². The van der Waals surface area contributed by atoms with Crippen LogP contribution in [0.15, 0.2) is 54.6 Å². The lowest BCUT2D eigenvalue weighted by molar-refractivity contribution is 0.978. The molecule has 0 saturated carbocycles. The molecule has 86 valence electrons. The summed E-state index contributed by atoms with van der Waals surface area (Å²) >= 11 is 0. The van der Waals surface area contributed by atoms with Gasteiger partial charge in [-0.05, 0) is 29.8 Å². The maximum atomic E-state index is 8.81. The van der Waals surface area contributed by atoms with E-state index in [0.717, 1.165) is 5.56 Å². The number of hydrogen-bond acceptors (Lipinski definition) is 1. The van der Waals surface area contributed by atoms with Crippen molar-refractivity contribution >= 4 is 10.9 Å². The average Bonchev–Trinajstić information content (AvgIpc) is 2.77. The lowest BCUT2D eigenvalue weighted by Crippen LogP contribution is -1.90. The van der Waals surface area contributed by atoms with E-state index >= 15 is 0 Å². The molecular weight excluding hydrogens is 220 g/mol. The van der Waals surface area contributed by atoms with E-state index in [1.165, 1.54) is 16.6 Å². The molecule has 3 aromatic rings. The van der Waals surface area contributed by atoms with Gasteiger partial charge in [-0.2, -0.15) is 5.26 Å². The first-order valence-electron chi connectivity index (χ1n) is 5.84. The van der Waals surface area contributed by atoms with Crippen LogP contribution in [-0.4, -0.2) is 4.57 Å². The summed E-state index contributed by atoms with van der Waals surface area (Å²) in [5.41, 5.74) is 4.21. The lowest BCUT2D eigenvalue weighted by atomic mass is 10.1. The van der Waals surface area contributed by atoms with Gasteiger partial charge in [0.1, 0.15) is 0 Å². The highest BCUT2D eigenvalue weighted by molar-refractivity contribution is 5.86.